The molecular formula is C21H25NO2. The third-order valence-electron chi connectivity index (χ3n) is 5.15. The van der Waals surface area contributed by atoms with E-state index in [9.17, 15) is 9.90 Å². The molecular weight excluding hydrogens is 298 g/mol. The molecule has 24 heavy (non-hydrogen) atoms. The lowest BCUT2D eigenvalue weighted by Gasteiger charge is -2.23. The van der Waals surface area contributed by atoms with Gasteiger partial charge in [0.2, 0.25) is 5.91 Å². The van der Waals surface area contributed by atoms with Gasteiger partial charge in [0.25, 0.3) is 0 Å². The third-order valence-corrected chi connectivity index (χ3v) is 5.15. The average Bonchev–Trinajstić information content (AvgIpc) is 3.14. The van der Waals surface area contributed by atoms with Crippen LogP contribution in [0.4, 0.5) is 0 Å². The molecule has 1 saturated heterocycles. The Hall–Kier alpha value is -2.29. The maximum atomic E-state index is 12.7. The number of hydrogen-bond acceptors (Lipinski definition) is 2. The molecule has 1 N–H and O–H groups in total. The minimum atomic E-state index is -0.112. The number of rotatable bonds is 4. The van der Waals surface area contributed by atoms with E-state index in [1.807, 2.05) is 61.2 Å². The van der Waals surface area contributed by atoms with Crippen LogP contribution in [0.3, 0.4) is 0 Å². The minimum absolute atomic E-state index is 0.112. The lowest BCUT2D eigenvalue weighted by molar-refractivity contribution is -0.130. The van der Waals surface area contributed by atoms with Gasteiger partial charge in [-0.05, 0) is 43.4 Å². The van der Waals surface area contributed by atoms with Crippen molar-refractivity contribution < 1.29 is 9.90 Å². The van der Waals surface area contributed by atoms with Crippen molar-refractivity contribution >= 4 is 5.91 Å². The highest BCUT2D eigenvalue weighted by Gasteiger charge is 2.26. The summed E-state index contributed by atoms with van der Waals surface area (Å²) in [5.74, 6) is 0.385. The zero-order chi connectivity index (χ0) is 17.1. The van der Waals surface area contributed by atoms with Crippen LogP contribution in [0, 0.1) is 13.8 Å². The van der Waals surface area contributed by atoms with Gasteiger partial charge in [-0.15, -0.1) is 0 Å². The van der Waals surface area contributed by atoms with E-state index >= 15 is 0 Å². The monoisotopic (exact) mass is 323 g/mol. The molecule has 3 rings (SSSR count). The van der Waals surface area contributed by atoms with Gasteiger partial charge in [-0.25, -0.2) is 0 Å². The predicted octanol–water partition coefficient (Wildman–Crippen LogP) is 4.15. The molecule has 0 radical (unpaired) electrons. The first-order chi connectivity index (χ1) is 11.6. The van der Waals surface area contributed by atoms with Crippen molar-refractivity contribution in [3.63, 3.8) is 0 Å². The molecule has 2 aromatic rings. The highest BCUT2D eigenvalue weighted by molar-refractivity contribution is 5.78. The number of carbonyl (C=O) groups is 1. The van der Waals surface area contributed by atoms with Crippen molar-refractivity contribution in [1.29, 1.82) is 0 Å². The number of benzene rings is 2. The van der Waals surface area contributed by atoms with Crippen LogP contribution in [0.15, 0.2) is 42.5 Å². The molecule has 0 spiro atoms. The summed E-state index contributed by atoms with van der Waals surface area (Å²) in [5.41, 5.74) is 3.87. The minimum Gasteiger partial charge on any atom is -0.507 e. The second-order valence-corrected chi connectivity index (χ2v) is 6.70. The molecule has 1 fully saturated rings. The highest BCUT2D eigenvalue weighted by Crippen LogP contribution is 2.37. The molecule has 1 amide bonds. The van der Waals surface area contributed by atoms with Crippen LogP contribution in [0.25, 0.3) is 0 Å². The molecule has 2 aromatic carbocycles. The van der Waals surface area contributed by atoms with Gasteiger partial charge in [0.1, 0.15) is 5.75 Å². The van der Waals surface area contributed by atoms with E-state index in [0.717, 1.165) is 48.2 Å². The van der Waals surface area contributed by atoms with Crippen LogP contribution in [-0.4, -0.2) is 29.0 Å². The van der Waals surface area contributed by atoms with Crippen LogP contribution in [-0.2, 0) is 4.79 Å². The maximum Gasteiger partial charge on any atom is 0.223 e. The van der Waals surface area contributed by atoms with Gasteiger partial charge < -0.3 is 10.0 Å². The summed E-state index contributed by atoms with van der Waals surface area (Å²) < 4.78 is 0. The first kappa shape index (κ1) is 16.6. The van der Waals surface area contributed by atoms with Gasteiger partial charge in [0.15, 0.2) is 0 Å². The lowest BCUT2D eigenvalue weighted by Crippen LogP contribution is -2.29. The largest absolute Gasteiger partial charge is 0.507 e. The standard InChI is InChI=1S/C21H25NO2/c1-15-10-11-18(21(24)16(15)2)19(17-8-4-3-5-9-17)14-20(23)22-12-6-7-13-22/h3-5,8-11,19,24H,6-7,12-14H2,1-2H3/t19-/m1/s1. The van der Waals surface area contributed by atoms with Crippen molar-refractivity contribution in [3.8, 4) is 5.75 Å². The van der Waals surface area contributed by atoms with E-state index < -0.39 is 0 Å². The molecule has 0 bridgehead atoms. The van der Waals surface area contributed by atoms with Gasteiger partial charge in [0.05, 0.1) is 0 Å². The predicted molar refractivity (Wildman–Crippen MR) is 96.3 cm³/mol. The number of carbonyl (C=O) groups excluding carboxylic acids is 1. The van der Waals surface area contributed by atoms with E-state index in [4.69, 9.17) is 0 Å². The smallest absolute Gasteiger partial charge is 0.223 e. The Balaban J connectivity index is 1.96. The van der Waals surface area contributed by atoms with Crippen LogP contribution in [0.1, 0.15) is 47.4 Å². The quantitative estimate of drug-likeness (QED) is 0.918. The average molecular weight is 323 g/mol. The van der Waals surface area contributed by atoms with Crippen LogP contribution in [0.2, 0.25) is 0 Å². The van der Waals surface area contributed by atoms with Crippen LogP contribution in [0.5, 0.6) is 5.75 Å². The van der Waals surface area contributed by atoms with E-state index in [-0.39, 0.29) is 11.8 Å². The second kappa shape index (κ2) is 7.08. The summed E-state index contributed by atoms with van der Waals surface area (Å²) in [6.07, 6.45) is 2.59. The van der Waals surface area contributed by atoms with E-state index in [1.54, 1.807) is 0 Å². The lowest BCUT2D eigenvalue weighted by atomic mass is 9.86. The Morgan fingerprint density at radius 2 is 1.75 bits per heavy atom. The van der Waals surface area contributed by atoms with Crippen molar-refractivity contribution in [3.05, 3.63) is 64.7 Å². The fourth-order valence-corrected chi connectivity index (χ4v) is 3.47. The summed E-state index contributed by atoms with van der Waals surface area (Å²) in [4.78, 5) is 14.7. The molecule has 0 aromatic heterocycles. The molecule has 1 heterocycles. The molecule has 0 aliphatic carbocycles. The summed E-state index contributed by atoms with van der Waals surface area (Å²) in [5, 5.41) is 10.7. The Morgan fingerprint density at radius 3 is 2.42 bits per heavy atom. The molecule has 1 aliphatic rings. The van der Waals surface area contributed by atoms with Gasteiger partial charge in [-0.3, -0.25) is 4.79 Å². The number of nitrogens with zero attached hydrogens (tertiary/aromatic N) is 1. The van der Waals surface area contributed by atoms with Crippen molar-refractivity contribution in [1.82, 2.24) is 4.90 Å². The van der Waals surface area contributed by atoms with Crippen molar-refractivity contribution in [2.75, 3.05) is 13.1 Å². The highest BCUT2D eigenvalue weighted by atomic mass is 16.3. The van der Waals surface area contributed by atoms with Crippen molar-refractivity contribution in [2.45, 2.75) is 39.0 Å². The summed E-state index contributed by atoms with van der Waals surface area (Å²) in [6, 6.07) is 14.0. The van der Waals surface area contributed by atoms with E-state index in [0.29, 0.717) is 12.2 Å². The third kappa shape index (κ3) is 3.30. The Kier molecular flexibility index (Phi) is 4.89. The molecule has 3 nitrogen and oxygen atoms in total. The normalized spacial score (nSPS) is 15.5. The van der Waals surface area contributed by atoms with Gasteiger partial charge in [-0.1, -0.05) is 42.5 Å². The fraction of sp³-hybridized carbons (Fsp3) is 0.381. The van der Waals surface area contributed by atoms with Crippen molar-refractivity contribution in [2.24, 2.45) is 0 Å². The van der Waals surface area contributed by atoms with Gasteiger partial charge in [-0.2, -0.15) is 0 Å². The topological polar surface area (TPSA) is 40.5 Å². The van der Waals surface area contributed by atoms with E-state index in [1.165, 1.54) is 0 Å². The number of likely N-dealkylation sites (tertiary alicyclic amines) is 1. The first-order valence-corrected chi connectivity index (χ1v) is 8.69. The fourth-order valence-electron chi connectivity index (χ4n) is 3.47. The Labute approximate surface area is 143 Å². The summed E-state index contributed by atoms with van der Waals surface area (Å²) >= 11 is 0. The summed E-state index contributed by atoms with van der Waals surface area (Å²) in [7, 11) is 0. The molecule has 3 heteroatoms. The first-order valence-electron chi connectivity index (χ1n) is 8.69. The molecule has 1 aliphatic heterocycles. The number of aromatic hydroxyl groups is 1. The van der Waals surface area contributed by atoms with Gasteiger partial charge >= 0.3 is 0 Å². The maximum absolute atomic E-state index is 12.7. The SMILES string of the molecule is Cc1ccc([C@H](CC(=O)N2CCCC2)c2ccccc2)c(O)c1C. The number of phenols is 1. The van der Waals surface area contributed by atoms with Gasteiger partial charge in [0, 0.05) is 31.0 Å². The van der Waals surface area contributed by atoms with E-state index in [2.05, 4.69) is 0 Å². The second-order valence-electron chi connectivity index (χ2n) is 6.70. The molecule has 0 unspecified atom stereocenters. The number of amides is 1. The van der Waals surface area contributed by atoms with Crippen LogP contribution >= 0.6 is 0 Å². The summed E-state index contributed by atoms with van der Waals surface area (Å²) in [6.45, 7) is 5.64. The number of hydrogen-bond donors (Lipinski definition) is 1. The Morgan fingerprint density at radius 1 is 1.08 bits per heavy atom. The molecule has 0 saturated carbocycles. The zero-order valence-electron chi connectivity index (χ0n) is 14.5. The van der Waals surface area contributed by atoms with Crippen LogP contribution < -0.4 is 0 Å². The number of aryl methyl sites for hydroxylation is 1. The molecule has 126 valence electrons. The molecule has 1 atom stereocenters. The zero-order valence-corrected chi connectivity index (χ0v) is 14.5. The number of phenolic OH excluding ortho intramolecular Hbond substituents is 1. The Bertz CT molecular complexity index is 718.